The first kappa shape index (κ1) is 22.6. The molecule has 1 atom stereocenters. The van der Waals surface area contributed by atoms with Crippen LogP contribution in [0.4, 0.5) is 4.79 Å². The van der Waals surface area contributed by atoms with Crippen molar-refractivity contribution in [2.75, 3.05) is 18.6 Å². The molecule has 1 fully saturated rings. The SMILES string of the molecule is COC(=O)[C@H](CCSCCC1(OC(C)=O)CCC1)NC(=O)OC(C)(C)C. The molecule has 0 spiro atoms. The Hall–Kier alpha value is -1.44. The van der Waals surface area contributed by atoms with E-state index >= 15 is 0 Å². The van der Waals surface area contributed by atoms with Gasteiger partial charge in [0.25, 0.3) is 0 Å². The van der Waals surface area contributed by atoms with Gasteiger partial charge in [-0.2, -0.15) is 11.8 Å². The maximum Gasteiger partial charge on any atom is 0.408 e. The monoisotopic (exact) mass is 389 g/mol. The quantitative estimate of drug-likeness (QED) is 0.368. The lowest BCUT2D eigenvalue weighted by Crippen LogP contribution is -2.44. The van der Waals surface area contributed by atoms with Gasteiger partial charge in [0.15, 0.2) is 0 Å². The Labute approximate surface area is 159 Å². The number of carbonyl (C=O) groups is 3. The molecule has 0 aromatic carbocycles. The van der Waals surface area contributed by atoms with E-state index in [1.165, 1.54) is 14.0 Å². The fraction of sp³-hybridized carbons (Fsp3) is 0.833. The Morgan fingerprint density at radius 1 is 1.19 bits per heavy atom. The number of ether oxygens (including phenoxy) is 3. The lowest BCUT2D eigenvalue weighted by atomic mass is 9.78. The maximum absolute atomic E-state index is 11.9. The van der Waals surface area contributed by atoms with E-state index in [0.717, 1.165) is 31.4 Å². The molecule has 26 heavy (non-hydrogen) atoms. The molecule has 1 saturated carbocycles. The van der Waals surface area contributed by atoms with Gasteiger partial charge >= 0.3 is 18.0 Å². The lowest BCUT2D eigenvalue weighted by molar-refractivity contribution is -0.167. The van der Waals surface area contributed by atoms with Crippen molar-refractivity contribution in [3.63, 3.8) is 0 Å². The molecule has 0 aliphatic heterocycles. The first-order valence-electron chi connectivity index (χ1n) is 8.91. The van der Waals surface area contributed by atoms with Gasteiger partial charge in [-0.25, -0.2) is 9.59 Å². The van der Waals surface area contributed by atoms with Gasteiger partial charge in [-0.3, -0.25) is 4.79 Å². The summed E-state index contributed by atoms with van der Waals surface area (Å²) in [5, 5.41) is 2.56. The van der Waals surface area contributed by atoms with E-state index in [4.69, 9.17) is 14.2 Å². The first-order valence-corrected chi connectivity index (χ1v) is 10.1. The fourth-order valence-electron chi connectivity index (χ4n) is 2.68. The van der Waals surface area contributed by atoms with E-state index in [2.05, 4.69) is 5.32 Å². The number of alkyl carbamates (subject to hydrolysis) is 1. The zero-order valence-electron chi connectivity index (χ0n) is 16.4. The molecule has 0 heterocycles. The van der Waals surface area contributed by atoms with Crippen molar-refractivity contribution < 1.29 is 28.6 Å². The molecule has 7 nitrogen and oxygen atoms in total. The highest BCUT2D eigenvalue weighted by Gasteiger charge is 2.39. The van der Waals surface area contributed by atoms with Gasteiger partial charge in [0.05, 0.1) is 7.11 Å². The summed E-state index contributed by atoms with van der Waals surface area (Å²) in [5.74, 6) is 0.771. The zero-order valence-corrected chi connectivity index (χ0v) is 17.2. The minimum Gasteiger partial charge on any atom is -0.467 e. The van der Waals surface area contributed by atoms with E-state index in [1.807, 2.05) is 0 Å². The molecule has 0 bridgehead atoms. The van der Waals surface area contributed by atoms with Crippen LogP contribution in [-0.4, -0.2) is 53.9 Å². The van der Waals surface area contributed by atoms with Crippen LogP contribution in [0.5, 0.6) is 0 Å². The van der Waals surface area contributed by atoms with Crippen LogP contribution in [0.15, 0.2) is 0 Å². The molecule has 0 aromatic heterocycles. The predicted octanol–water partition coefficient (Wildman–Crippen LogP) is 3.05. The summed E-state index contributed by atoms with van der Waals surface area (Å²) in [4.78, 5) is 34.9. The van der Waals surface area contributed by atoms with Gasteiger partial charge in [-0.1, -0.05) is 0 Å². The third-order valence-corrected chi connectivity index (χ3v) is 5.07. The molecule has 1 amide bonds. The summed E-state index contributed by atoms with van der Waals surface area (Å²) in [6, 6.07) is -0.742. The number of hydrogen-bond donors (Lipinski definition) is 1. The first-order chi connectivity index (χ1) is 12.1. The Morgan fingerprint density at radius 3 is 2.31 bits per heavy atom. The summed E-state index contributed by atoms with van der Waals surface area (Å²) in [5.41, 5.74) is -0.928. The third-order valence-electron chi connectivity index (χ3n) is 4.05. The average molecular weight is 390 g/mol. The van der Waals surface area contributed by atoms with E-state index in [9.17, 15) is 14.4 Å². The average Bonchev–Trinajstić information content (AvgIpc) is 2.47. The number of thioether (sulfide) groups is 1. The summed E-state index contributed by atoms with van der Waals surface area (Å²) in [6.07, 6.45) is 3.52. The summed E-state index contributed by atoms with van der Waals surface area (Å²) < 4.78 is 15.4. The standard InChI is InChI=1S/C18H31NO6S/c1-13(20)24-18(8-6-9-18)10-12-26-11-7-14(15(21)23-5)19-16(22)25-17(2,3)4/h14H,6-12H2,1-5H3,(H,19,22)/t14-/m0/s1. The van der Waals surface area contributed by atoms with Gasteiger partial charge in [-0.15, -0.1) is 0 Å². The minimum atomic E-state index is -0.742. The Bertz CT molecular complexity index is 498. The van der Waals surface area contributed by atoms with Crippen molar-refractivity contribution in [1.82, 2.24) is 5.32 Å². The topological polar surface area (TPSA) is 90.9 Å². The Kier molecular flexibility index (Phi) is 8.73. The largest absolute Gasteiger partial charge is 0.467 e. The van der Waals surface area contributed by atoms with Crippen LogP contribution in [0.3, 0.4) is 0 Å². The molecule has 1 rings (SSSR count). The second-order valence-corrected chi connectivity index (χ2v) is 8.73. The predicted molar refractivity (Wildman–Crippen MR) is 100 cm³/mol. The third kappa shape index (κ3) is 8.29. The minimum absolute atomic E-state index is 0.234. The van der Waals surface area contributed by atoms with Crippen molar-refractivity contribution in [3.05, 3.63) is 0 Å². The number of amides is 1. The van der Waals surface area contributed by atoms with Gasteiger partial charge in [-0.05, 0) is 64.4 Å². The molecule has 8 heteroatoms. The fourth-order valence-corrected chi connectivity index (χ4v) is 3.80. The molecule has 1 aliphatic carbocycles. The van der Waals surface area contributed by atoms with E-state index in [-0.39, 0.29) is 11.6 Å². The number of hydrogen-bond acceptors (Lipinski definition) is 7. The molecule has 0 unspecified atom stereocenters. The van der Waals surface area contributed by atoms with Crippen LogP contribution in [0, 0.1) is 0 Å². The molecular weight excluding hydrogens is 358 g/mol. The molecule has 1 N–H and O–H groups in total. The van der Waals surface area contributed by atoms with Gasteiger partial charge < -0.3 is 19.5 Å². The lowest BCUT2D eigenvalue weighted by Gasteiger charge is -2.40. The second-order valence-electron chi connectivity index (χ2n) is 7.50. The summed E-state index contributed by atoms with van der Waals surface area (Å²) in [7, 11) is 1.29. The van der Waals surface area contributed by atoms with E-state index in [0.29, 0.717) is 12.2 Å². The van der Waals surface area contributed by atoms with Crippen LogP contribution in [0.1, 0.15) is 59.8 Å². The molecule has 1 aliphatic rings. The number of methoxy groups -OCH3 is 1. The molecule has 0 radical (unpaired) electrons. The van der Waals surface area contributed by atoms with E-state index < -0.39 is 23.7 Å². The summed E-state index contributed by atoms with van der Waals surface area (Å²) >= 11 is 1.66. The Balaban J connectivity index is 2.36. The normalized spacial score (nSPS) is 16.8. The number of rotatable bonds is 9. The van der Waals surface area contributed by atoms with Crippen molar-refractivity contribution in [2.24, 2.45) is 0 Å². The van der Waals surface area contributed by atoms with Gasteiger partial charge in [0.1, 0.15) is 17.2 Å². The van der Waals surface area contributed by atoms with Crippen LogP contribution in [-0.2, 0) is 23.8 Å². The molecule has 0 saturated heterocycles. The zero-order chi connectivity index (χ0) is 19.8. The van der Waals surface area contributed by atoms with Gasteiger partial charge in [0.2, 0.25) is 0 Å². The Morgan fingerprint density at radius 2 is 1.85 bits per heavy atom. The van der Waals surface area contributed by atoms with E-state index in [1.54, 1.807) is 32.5 Å². The number of esters is 2. The van der Waals surface area contributed by atoms with Crippen LogP contribution in [0.25, 0.3) is 0 Å². The maximum atomic E-state index is 11.9. The van der Waals surface area contributed by atoms with Crippen molar-refractivity contribution in [2.45, 2.75) is 77.0 Å². The molecule has 0 aromatic rings. The number of carbonyl (C=O) groups excluding carboxylic acids is 3. The van der Waals surface area contributed by atoms with Crippen molar-refractivity contribution >= 4 is 29.8 Å². The highest BCUT2D eigenvalue weighted by atomic mass is 32.2. The van der Waals surface area contributed by atoms with Gasteiger partial charge in [0, 0.05) is 6.92 Å². The highest BCUT2D eigenvalue weighted by molar-refractivity contribution is 7.99. The molecule has 150 valence electrons. The van der Waals surface area contributed by atoms with Crippen molar-refractivity contribution in [3.8, 4) is 0 Å². The van der Waals surface area contributed by atoms with Crippen LogP contribution in [0.2, 0.25) is 0 Å². The number of nitrogens with one attached hydrogen (secondary N) is 1. The second kappa shape index (κ2) is 10.0. The van der Waals surface area contributed by atoms with Crippen LogP contribution >= 0.6 is 11.8 Å². The van der Waals surface area contributed by atoms with Crippen molar-refractivity contribution in [1.29, 1.82) is 0 Å². The van der Waals surface area contributed by atoms with Crippen LogP contribution < -0.4 is 5.32 Å². The highest BCUT2D eigenvalue weighted by Crippen LogP contribution is 2.39. The summed E-state index contributed by atoms with van der Waals surface area (Å²) in [6.45, 7) is 6.72. The smallest absolute Gasteiger partial charge is 0.408 e. The molecular formula is C18H31NO6S.